The molecule has 0 fully saturated rings. The topological polar surface area (TPSA) is 52.2 Å². The molecular formula is C19H23BrN4O2. The first kappa shape index (κ1) is 18.7. The van der Waals surface area contributed by atoms with Crippen LogP contribution >= 0.6 is 15.9 Å². The average molecular weight is 419 g/mol. The molecule has 2 heterocycles. The van der Waals surface area contributed by atoms with Gasteiger partial charge in [0.15, 0.2) is 0 Å². The number of nitrogens with zero attached hydrogens (tertiary/aromatic N) is 4. The lowest BCUT2D eigenvalue weighted by atomic mass is 10.1. The molecular weight excluding hydrogens is 396 g/mol. The summed E-state index contributed by atoms with van der Waals surface area (Å²) in [5.41, 5.74) is 1.88. The molecule has 0 radical (unpaired) electrons. The Kier molecular flexibility index (Phi) is 5.20. The fourth-order valence-corrected chi connectivity index (χ4v) is 3.74. The van der Waals surface area contributed by atoms with Crippen LogP contribution in [0, 0.1) is 0 Å². The number of aromatic nitrogens is 3. The number of hydrogen-bond donors (Lipinski definition) is 0. The Balaban J connectivity index is 2.32. The van der Waals surface area contributed by atoms with Crippen LogP contribution in [0.2, 0.25) is 0 Å². The first-order valence-electron chi connectivity index (χ1n) is 8.51. The molecule has 7 heteroatoms. The first-order chi connectivity index (χ1) is 12.3. The van der Waals surface area contributed by atoms with E-state index in [0.29, 0.717) is 10.9 Å². The van der Waals surface area contributed by atoms with E-state index in [1.165, 1.54) is 11.6 Å². The van der Waals surface area contributed by atoms with Gasteiger partial charge in [-0.25, -0.2) is 4.79 Å². The Hall–Kier alpha value is -2.12. The number of rotatable bonds is 5. The van der Waals surface area contributed by atoms with Gasteiger partial charge in [0.1, 0.15) is 0 Å². The maximum atomic E-state index is 12.9. The maximum absolute atomic E-state index is 12.9. The summed E-state index contributed by atoms with van der Waals surface area (Å²) in [6.07, 6.45) is 2.86. The van der Waals surface area contributed by atoms with Crippen molar-refractivity contribution in [1.29, 1.82) is 0 Å². The lowest BCUT2D eigenvalue weighted by molar-refractivity contribution is 0.387. The third-order valence-electron chi connectivity index (χ3n) is 4.65. The lowest BCUT2D eigenvalue weighted by Crippen LogP contribution is -2.36. The van der Waals surface area contributed by atoms with E-state index in [1.807, 2.05) is 44.6 Å². The van der Waals surface area contributed by atoms with Gasteiger partial charge in [0, 0.05) is 36.9 Å². The molecule has 0 aliphatic heterocycles. The molecule has 0 N–H and O–H groups in total. The highest BCUT2D eigenvalue weighted by Gasteiger charge is 2.20. The molecule has 3 rings (SSSR count). The molecule has 2 aromatic heterocycles. The molecule has 26 heavy (non-hydrogen) atoms. The van der Waals surface area contributed by atoms with Gasteiger partial charge in [-0.2, -0.15) is 0 Å². The minimum atomic E-state index is -0.313. The molecule has 3 aromatic rings. The second-order valence-corrected chi connectivity index (χ2v) is 7.63. The van der Waals surface area contributed by atoms with Crippen molar-refractivity contribution >= 4 is 26.8 Å². The fraction of sp³-hybridized carbons (Fsp3) is 0.368. The molecule has 6 nitrogen and oxygen atoms in total. The molecule has 0 saturated carbocycles. The van der Waals surface area contributed by atoms with Crippen LogP contribution in [-0.4, -0.2) is 39.2 Å². The Morgan fingerprint density at radius 2 is 1.77 bits per heavy atom. The Labute approximate surface area is 160 Å². The smallest absolute Gasteiger partial charge is 0.330 e. The molecule has 138 valence electrons. The van der Waals surface area contributed by atoms with Gasteiger partial charge in [0.25, 0.3) is 5.56 Å². The number of fused-ring (bicyclic) bond motifs is 1. The Morgan fingerprint density at radius 3 is 2.42 bits per heavy atom. The Bertz CT molecular complexity index is 1080. The van der Waals surface area contributed by atoms with Gasteiger partial charge in [-0.3, -0.25) is 13.9 Å². The summed E-state index contributed by atoms with van der Waals surface area (Å²) in [4.78, 5) is 27.4. The number of benzene rings is 1. The van der Waals surface area contributed by atoms with E-state index in [-0.39, 0.29) is 11.2 Å². The number of aryl methyl sites for hydroxylation is 2. The van der Waals surface area contributed by atoms with E-state index in [4.69, 9.17) is 0 Å². The predicted octanol–water partition coefficient (Wildman–Crippen LogP) is 2.42. The van der Waals surface area contributed by atoms with E-state index < -0.39 is 0 Å². The molecule has 1 aromatic carbocycles. The molecule has 0 aliphatic rings. The molecule has 0 saturated heterocycles. The highest BCUT2D eigenvalue weighted by atomic mass is 79.9. The zero-order valence-corrected chi connectivity index (χ0v) is 17.1. The molecule has 0 spiro atoms. The summed E-state index contributed by atoms with van der Waals surface area (Å²) < 4.78 is 5.73. The second-order valence-electron chi connectivity index (χ2n) is 6.77. The molecule has 0 aliphatic carbocycles. The third kappa shape index (κ3) is 3.17. The zero-order valence-electron chi connectivity index (χ0n) is 15.5. The maximum Gasteiger partial charge on any atom is 0.330 e. The Morgan fingerprint density at radius 1 is 1.08 bits per heavy atom. The van der Waals surface area contributed by atoms with Crippen LogP contribution in [-0.2, 0) is 20.6 Å². The van der Waals surface area contributed by atoms with Crippen LogP contribution < -0.4 is 11.2 Å². The first-order valence-corrected chi connectivity index (χ1v) is 9.30. The summed E-state index contributed by atoms with van der Waals surface area (Å²) in [5.74, 6) is 0. The minimum absolute atomic E-state index is 0.264. The van der Waals surface area contributed by atoms with Crippen molar-refractivity contribution in [3.63, 3.8) is 0 Å². The van der Waals surface area contributed by atoms with Crippen LogP contribution in [0.4, 0.5) is 0 Å². The van der Waals surface area contributed by atoms with Crippen molar-refractivity contribution in [3.05, 3.63) is 55.8 Å². The van der Waals surface area contributed by atoms with Gasteiger partial charge in [0.2, 0.25) is 0 Å². The highest BCUT2D eigenvalue weighted by Crippen LogP contribution is 2.33. The van der Waals surface area contributed by atoms with Crippen molar-refractivity contribution in [3.8, 4) is 11.3 Å². The van der Waals surface area contributed by atoms with Gasteiger partial charge in [-0.15, -0.1) is 0 Å². The fourth-order valence-electron chi connectivity index (χ4n) is 3.27. The largest absolute Gasteiger partial charge is 0.345 e. The normalized spacial score (nSPS) is 11.6. The van der Waals surface area contributed by atoms with Crippen molar-refractivity contribution in [1.82, 2.24) is 18.6 Å². The average Bonchev–Trinajstić information content (AvgIpc) is 2.97. The summed E-state index contributed by atoms with van der Waals surface area (Å²) in [6.45, 7) is 1.71. The molecule has 0 bridgehead atoms. The van der Waals surface area contributed by atoms with E-state index in [0.717, 1.165) is 35.2 Å². The monoisotopic (exact) mass is 418 g/mol. The van der Waals surface area contributed by atoms with Gasteiger partial charge < -0.3 is 9.47 Å². The number of hydrogen-bond acceptors (Lipinski definition) is 3. The van der Waals surface area contributed by atoms with Crippen molar-refractivity contribution in [2.45, 2.75) is 13.0 Å². The summed E-state index contributed by atoms with van der Waals surface area (Å²) >= 11 is 3.61. The van der Waals surface area contributed by atoms with Gasteiger partial charge in [-0.05, 0) is 33.1 Å². The van der Waals surface area contributed by atoms with E-state index in [2.05, 4.69) is 25.4 Å². The zero-order chi connectivity index (χ0) is 19.0. The van der Waals surface area contributed by atoms with Crippen LogP contribution in [0.3, 0.4) is 0 Å². The predicted molar refractivity (Wildman–Crippen MR) is 109 cm³/mol. The van der Waals surface area contributed by atoms with Crippen molar-refractivity contribution in [2.24, 2.45) is 14.1 Å². The van der Waals surface area contributed by atoms with Crippen LogP contribution in [0.5, 0.6) is 0 Å². The highest BCUT2D eigenvalue weighted by molar-refractivity contribution is 9.10. The van der Waals surface area contributed by atoms with Crippen molar-refractivity contribution in [2.75, 3.05) is 20.6 Å². The molecule has 0 amide bonds. The SMILES string of the molecule is CN(C)CCCn1cc2c(c1-c1ccccc1Br)c(=O)n(C)c(=O)n2C. The van der Waals surface area contributed by atoms with Gasteiger partial charge in [0.05, 0.1) is 16.6 Å². The van der Waals surface area contributed by atoms with Crippen LogP contribution in [0.25, 0.3) is 22.2 Å². The standard InChI is InChI=1S/C19H23BrN4O2/c1-21(2)10-7-11-24-12-15-16(18(25)23(4)19(26)22(15)3)17(24)13-8-5-6-9-14(13)20/h5-6,8-9,12H,7,10-11H2,1-4H3. The van der Waals surface area contributed by atoms with E-state index in [1.54, 1.807) is 11.6 Å². The van der Waals surface area contributed by atoms with Gasteiger partial charge >= 0.3 is 5.69 Å². The summed E-state index contributed by atoms with van der Waals surface area (Å²) in [6, 6.07) is 7.86. The number of halogens is 1. The minimum Gasteiger partial charge on any atom is -0.345 e. The van der Waals surface area contributed by atoms with E-state index in [9.17, 15) is 9.59 Å². The third-order valence-corrected chi connectivity index (χ3v) is 5.34. The van der Waals surface area contributed by atoms with Crippen LogP contribution in [0.1, 0.15) is 6.42 Å². The van der Waals surface area contributed by atoms with E-state index >= 15 is 0 Å². The second kappa shape index (κ2) is 7.25. The molecule has 0 atom stereocenters. The van der Waals surface area contributed by atoms with Crippen molar-refractivity contribution < 1.29 is 0 Å². The molecule has 0 unspecified atom stereocenters. The quantitative estimate of drug-likeness (QED) is 0.639. The summed E-state index contributed by atoms with van der Waals surface area (Å²) in [5, 5.41) is 0.575. The van der Waals surface area contributed by atoms with Crippen LogP contribution in [0.15, 0.2) is 44.5 Å². The van der Waals surface area contributed by atoms with Gasteiger partial charge in [-0.1, -0.05) is 34.1 Å². The summed E-state index contributed by atoms with van der Waals surface area (Å²) in [7, 11) is 7.32. The lowest BCUT2D eigenvalue weighted by Gasteiger charge is -2.13.